The fourth-order valence-electron chi connectivity index (χ4n) is 2.99. The fourth-order valence-corrected chi connectivity index (χ4v) is 2.99. The molecule has 124 valence electrons. The zero-order valence-corrected chi connectivity index (χ0v) is 13.4. The van der Waals surface area contributed by atoms with E-state index < -0.39 is 0 Å². The number of methoxy groups -OCH3 is 1. The van der Waals surface area contributed by atoms with E-state index in [1.165, 1.54) is 20.1 Å². The molecule has 1 saturated carbocycles. The Morgan fingerprint density at radius 3 is 2.54 bits per heavy atom. The summed E-state index contributed by atoms with van der Waals surface area (Å²) in [6.07, 6.45) is 6.63. The largest absolute Gasteiger partial charge is 0.497 e. The van der Waals surface area contributed by atoms with Crippen LogP contribution in [0.5, 0.6) is 5.75 Å². The van der Waals surface area contributed by atoms with E-state index in [9.17, 15) is 9.59 Å². The molecule has 1 aliphatic carbocycles. The molecular weight excluding hydrogens is 308 g/mol. The van der Waals surface area contributed by atoms with Crippen LogP contribution in [-0.2, 0) is 6.54 Å². The van der Waals surface area contributed by atoms with E-state index in [0.717, 1.165) is 12.8 Å². The van der Waals surface area contributed by atoms with Crippen molar-refractivity contribution in [1.29, 1.82) is 0 Å². The summed E-state index contributed by atoms with van der Waals surface area (Å²) < 4.78 is 9.35. The van der Waals surface area contributed by atoms with Crippen molar-refractivity contribution in [3.8, 4) is 11.4 Å². The Morgan fingerprint density at radius 1 is 1.17 bits per heavy atom. The zero-order chi connectivity index (χ0) is 16.7. The van der Waals surface area contributed by atoms with E-state index in [-0.39, 0.29) is 16.9 Å². The molecule has 0 saturated heterocycles. The molecule has 1 aromatic carbocycles. The fraction of sp³-hybridized carbons (Fsp3) is 0.353. The third kappa shape index (κ3) is 2.33. The first-order valence-electron chi connectivity index (χ1n) is 8.02. The molecule has 0 radical (unpaired) electrons. The molecule has 2 aromatic heterocycles. The van der Waals surface area contributed by atoms with Gasteiger partial charge >= 0.3 is 11.2 Å². The Morgan fingerprint density at radius 2 is 1.92 bits per heavy atom. The molecule has 7 heteroatoms. The lowest BCUT2D eigenvalue weighted by atomic mass is 9.86. The minimum absolute atomic E-state index is 0.151. The normalized spacial score (nSPS) is 14.7. The van der Waals surface area contributed by atoms with Crippen molar-refractivity contribution in [2.24, 2.45) is 5.92 Å². The number of ether oxygens (including phenoxy) is 1. The average Bonchev–Trinajstić information content (AvgIpc) is 2.89. The number of benzene rings is 1. The summed E-state index contributed by atoms with van der Waals surface area (Å²) in [6.45, 7) is 0.586. The second-order valence-corrected chi connectivity index (χ2v) is 6.13. The van der Waals surface area contributed by atoms with Crippen LogP contribution in [0.25, 0.3) is 11.3 Å². The van der Waals surface area contributed by atoms with Crippen molar-refractivity contribution in [2.45, 2.75) is 25.8 Å². The van der Waals surface area contributed by atoms with Gasteiger partial charge in [0.25, 0.3) is 0 Å². The van der Waals surface area contributed by atoms with Crippen LogP contribution in [0.15, 0.2) is 46.2 Å². The summed E-state index contributed by atoms with van der Waals surface area (Å²) in [7, 11) is 1.59. The van der Waals surface area contributed by atoms with Crippen molar-refractivity contribution in [2.75, 3.05) is 7.11 Å². The zero-order valence-electron chi connectivity index (χ0n) is 13.4. The van der Waals surface area contributed by atoms with Gasteiger partial charge in [-0.2, -0.15) is 0 Å². The predicted octanol–water partition coefficient (Wildman–Crippen LogP) is 1.46. The number of hydrogen-bond donors (Lipinski definition) is 0. The number of aromatic nitrogens is 4. The van der Waals surface area contributed by atoms with Gasteiger partial charge in [-0.3, -0.25) is 9.36 Å². The highest BCUT2D eigenvalue weighted by atomic mass is 16.5. The highest BCUT2D eigenvalue weighted by Gasteiger charge is 2.21. The van der Waals surface area contributed by atoms with Crippen molar-refractivity contribution < 1.29 is 4.74 Å². The monoisotopic (exact) mass is 326 g/mol. The maximum Gasteiger partial charge on any atom is 0.350 e. The van der Waals surface area contributed by atoms with E-state index in [1.54, 1.807) is 43.8 Å². The molecule has 0 unspecified atom stereocenters. The number of hydrogen-bond acceptors (Lipinski definition) is 4. The van der Waals surface area contributed by atoms with Crippen LogP contribution in [0.2, 0.25) is 0 Å². The van der Waals surface area contributed by atoms with Crippen LogP contribution in [0.1, 0.15) is 19.3 Å². The lowest BCUT2D eigenvalue weighted by molar-refractivity contribution is 0.263. The summed E-state index contributed by atoms with van der Waals surface area (Å²) in [6, 6.07) is 7.15. The van der Waals surface area contributed by atoms with E-state index in [1.807, 2.05) is 0 Å². The molecule has 3 aromatic rings. The van der Waals surface area contributed by atoms with Gasteiger partial charge in [0, 0.05) is 24.6 Å². The average molecular weight is 326 g/mol. The van der Waals surface area contributed by atoms with E-state index in [0.29, 0.717) is 23.9 Å². The first-order chi connectivity index (χ1) is 11.7. The first kappa shape index (κ1) is 14.7. The maximum absolute atomic E-state index is 12.7. The Bertz CT molecular complexity index is 993. The topological polar surface area (TPSA) is 70.5 Å². The van der Waals surface area contributed by atoms with Gasteiger partial charge in [-0.15, -0.1) is 5.10 Å². The van der Waals surface area contributed by atoms with Crippen molar-refractivity contribution in [1.82, 2.24) is 18.7 Å². The van der Waals surface area contributed by atoms with E-state index in [4.69, 9.17) is 4.74 Å². The Hall–Kier alpha value is -2.83. The molecule has 1 fully saturated rings. The molecule has 0 aliphatic heterocycles. The molecule has 24 heavy (non-hydrogen) atoms. The van der Waals surface area contributed by atoms with Crippen LogP contribution >= 0.6 is 0 Å². The molecule has 7 nitrogen and oxygen atoms in total. The van der Waals surface area contributed by atoms with Crippen LogP contribution in [-0.4, -0.2) is 25.9 Å². The number of rotatable bonds is 4. The van der Waals surface area contributed by atoms with Gasteiger partial charge in [-0.25, -0.2) is 13.9 Å². The van der Waals surface area contributed by atoms with Gasteiger partial charge in [0.15, 0.2) is 0 Å². The van der Waals surface area contributed by atoms with Gasteiger partial charge in [0.1, 0.15) is 5.75 Å². The van der Waals surface area contributed by atoms with E-state index >= 15 is 0 Å². The number of nitrogens with zero attached hydrogens (tertiary/aromatic N) is 4. The third-order valence-electron chi connectivity index (χ3n) is 4.65. The maximum atomic E-state index is 12.7. The van der Waals surface area contributed by atoms with Gasteiger partial charge in [-0.1, -0.05) is 6.42 Å². The SMILES string of the molecule is COc1ccc(-n2ccn3c(=O)n(CC4CCC4)nc3c2=O)cc1. The van der Waals surface area contributed by atoms with Gasteiger partial charge < -0.3 is 4.74 Å². The van der Waals surface area contributed by atoms with Crippen LogP contribution < -0.4 is 16.0 Å². The van der Waals surface area contributed by atoms with E-state index in [2.05, 4.69) is 5.10 Å². The van der Waals surface area contributed by atoms with Crippen LogP contribution in [0, 0.1) is 5.92 Å². The second kappa shape index (κ2) is 5.67. The second-order valence-electron chi connectivity index (χ2n) is 6.13. The molecule has 1 aliphatic rings. The minimum Gasteiger partial charge on any atom is -0.497 e. The molecule has 0 amide bonds. The quantitative estimate of drug-likeness (QED) is 0.728. The van der Waals surface area contributed by atoms with Crippen LogP contribution in [0.3, 0.4) is 0 Å². The van der Waals surface area contributed by atoms with Crippen molar-refractivity contribution in [3.63, 3.8) is 0 Å². The van der Waals surface area contributed by atoms with Gasteiger partial charge in [0.2, 0.25) is 5.65 Å². The molecule has 2 heterocycles. The lowest BCUT2D eigenvalue weighted by Crippen LogP contribution is -2.28. The summed E-state index contributed by atoms with van der Waals surface area (Å²) >= 11 is 0. The Labute approximate surface area is 137 Å². The minimum atomic E-state index is -0.313. The lowest BCUT2D eigenvalue weighted by Gasteiger charge is -2.24. The molecule has 0 N–H and O–H groups in total. The molecule has 4 rings (SSSR count). The highest BCUT2D eigenvalue weighted by molar-refractivity contribution is 5.42. The predicted molar refractivity (Wildman–Crippen MR) is 88.9 cm³/mol. The molecular formula is C17H18N4O3. The highest BCUT2D eigenvalue weighted by Crippen LogP contribution is 2.27. The Balaban J connectivity index is 1.79. The standard InChI is InChI=1S/C17H18N4O3/c1-24-14-7-5-13(6-8-14)19-9-10-20-15(16(19)22)18-21(17(20)23)11-12-3-2-4-12/h5-10,12H,2-4,11H2,1H3. The third-order valence-corrected chi connectivity index (χ3v) is 4.65. The first-order valence-corrected chi connectivity index (χ1v) is 8.02. The summed E-state index contributed by atoms with van der Waals surface area (Å²) in [5.41, 5.74) is 0.282. The number of fused-ring (bicyclic) bond motifs is 1. The van der Waals surface area contributed by atoms with Crippen molar-refractivity contribution >= 4 is 5.65 Å². The Kier molecular flexibility index (Phi) is 3.48. The molecule has 0 atom stereocenters. The molecule has 0 spiro atoms. The van der Waals surface area contributed by atoms with Crippen molar-refractivity contribution in [3.05, 3.63) is 57.5 Å². The van der Waals surface area contributed by atoms with Gasteiger partial charge in [-0.05, 0) is 43.0 Å². The summed E-state index contributed by atoms with van der Waals surface area (Å²) in [4.78, 5) is 25.1. The van der Waals surface area contributed by atoms with Gasteiger partial charge in [0.05, 0.1) is 7.11 Å². The van der Waals surface area contributed by atoms with Crippen LogP contribution in [0.4, 0.5) is 0 Å². The smallest absolute Gasteiger partial charge is 0.350 e. The summed E-state index contributed by atoms with van der Waals surface area (Å²) in [5, 5.41) is 4.26. The summed E-state index contributed by atoms with van der Waals surface area (Å²) in [5.74, 6) is 1.21. The molecule has 0 bridgehead atoms.